The van der Waals surface area contributed by atoms with E-state index in [4.69, 9.17) is 9.47 Å². The summed E-state index contributed by atoms with van der Waals surface area (Å²) in [5, 5.41) is 0. The van der Waals surface area contributed by atoms with Crippen LogP contribution in [-0.4, -0.2) is 27.7 Å². The fraction of sp³-hybridized carbons (Fsp3) is 0.333. The third kappa shape index (κ3) is 3.71. The van der Waals surface area contributed by atoms with Crippen LogP contribution < -0.4 is 14.2 Å². The Labute approximate surface area is 142 Å². The SMILES string of the molecule is CC(C)c1ccc(S(=O)(=O)NCC2COc3ccccc3O2)cc1. The minimum absolute atomic E-state index is 0.155. The molecule has 2 aromatic rings. The van der Waals surface area contributed by atoms with Crippen LogP contribution in [0.15, 0.2) is 53.4 Å². The predicted octanol–water partition coefficient (Wildman–Crippen LogP) is 2.93. The quantitative estimate of drug-likeness (QED) is 0.903. The van der Waals surface area contributed by atoms with Gasteiger partial charge in [-0.3, -0.25) is 0 Å². The highest BCUT2D eigenvalue weighted by atomic mass is 32.2. The minimum atomic E-state index is -3.57. The Morgan fingerprint density at radius 3 is 2.42 bits per heavy atom. The molecule has 3 rings (SSSR count). The predicted molar refractivity (Wildman–Crippen MR) is 92.1 cm³/mol. The third-order valence-corrected chi connectivity index (χ3v) is 5.37. The number of benzene rings is 2. The van der Waals surface area contributed by atoms with Gasteiger partial charge in [-0.15, -0.1) is 0 Å². The molecule has 1 heterocycles. The molecule has 0 aromatic heterocycles. The number of hydrogen-bond donors (Lipinski definition) is 1. The van der Waals surface area contributed by atoms with Crippen molar-refractivity contribution in [2.45, 2.75) is 30.8 Å². The Morgan fingerprint density at radius 1 is 1.08 bits per heavy atom. The monoisotopic (exact) mass is 347 g/mol. The lowest BCUT2D eigenvalue weighted by Crippen LogP contribution is -2.40. The molecule has 0 saturated heterocycles. The Balaban J connectivity index is 1.63. The van der Waals surface area contributed by atoms with Crippen molar-refractivity contribution in [2.24, 2.45) is 0 Å². The number of sulfonamides is 1. The van der Waals surface area contributed by atoms with Gasteiger partial charge in [-0.05, 0) is 35.7 Å². The number of fused-ring (bicyclic) bond motifs is 1. The maximum Gasteiger partial charge on any atom is 0.240 e. The summed E-state index contributed by atoms with van der Waals surface area (Å²) in [6, 6.07) is 14.3. The third-order valence-electron chi connectivity index (χ3n) is 3.93. The van der Waals surface area contributed by atoms with E-state index in [-0.39, 0.29) is 17.5 Å². The van der Waals surface area contributed by atoms with E-state index in [0.717, 1.165) is 5.56 Å². The van der Waals surface area contributed by atoms with Crippen molar-refractivity contribution in [2.75, 3.05) is 13.2 Å². The molecule has 1 atom stereocenters. The Kier molecular flexibility index (Phi) is 4.78. The van der Waals surface area contributed by atoms with Crippen LogP contribution in [0.3, 0.4) is 0 Å². The zero-order valence-electron chi connectivity index (χ0n) is 13.7. The molecule has 0 spiro atoms. The number of rotatable bonds is 5. The molecule has 0 bridgehead atoms. The molecule has 128 valence electrons. The molecule has 1 aliphatic rings. The van der Waals surface area contributed by atoms with E-state index in [0.29, 0.717) is 24.0 Å². The summed E-state index contributed by atoms with van der Waals surface area (Å²) in [5.74, 6) is 1.68. The average Bonchev–Trinajstić information content (AvgIpc) is 2.60. The zero-order valence-corrected chi connectivity index (χ0v) is 14.5. The largest absolute Gasteiger partial charge is 0.486 e. The molecule has 0 fully saturated rings. The fourth-order valence-electron chi connectivity index (χ4n) is 2.48. The molecule has 0 radical (unpaired) electrons. The molecule has 0 saturated carbocycles. The van der Waals surface area contributed by atoms with Gasteiger partial charge in [-0.25, -0.2) is 13.1 Å². The zero-order chi connectivity index (χ0) is 17.2. The van der Waals surface area contributed by atoms with Crippen LogP contribution in [0, 0.1) is 0 Å². The van der Waals surface area contributed by atoms with Gasteiger partial charge >= 0.3 is 0 Å². The second-order valence-electron chi connectivity index (χ2n) is 6.07. The van der Waals surface area contributed by atoms with E-state index in [1.807, 2.05) is 30.3 Å². The highest BCUT2D eigenvalue weighted by Crippen LogP contribution is 2.30. The molecule has 0 aliphatic carbocycles. The van der Waals surface area contributed by atoms with Crippen LogP contribution >= 0.6 is 0 Å². The summed E-state index contributed by atoms with van der Waals surface area (Å²) < 4.78 is 38.7. The van der Waals surface area contributed by atoms with Crippen LogP contribution in [0.5, 0.6) is 11.5 Å². The van der Waals surface area contributed by atoms with Gasteiger partial charge in [0.1, 0.15) is 12.7 Å². The first kappa shape index (κ1) is 16.8. The van der Waals surface area contributed by atoms with Crippen molar-refractivity contribution in [1.82, 2.24) is 4.72 Å². The summed E-state index contributed by atoms with van der Waals surface area (Å²) in [4.78, 5) is 0.254. The van der Waals surface area contributed by atoms with Crippen molar-refractivity contribution < 1.29 is 17.9 Å². The van der Waals surface area contributed by atoms with Crippen molar-refractivity contribution in [3.8, 4) is 11.5 Å². The van der Waals surface area contributed by atoms with Crippen LogP contribution in [0.1, 0.15) is 25.3 Å². The summed E-state index contributed by atoms with van der Waals surface area (Å²) in [7, 11) is -3.57. The van der Waals surface area contributed by atoms with Gasteiger partial charge in [0, 0.05) is 0 Å². The van der Waals surface area contributed by atoms with E-state index >= 15 is 0 Å². The van der Waals surface area contributed by atoms with Crippen molar-refractivity contribution in [3.05, 3.63) is 54.1 Å². The molecular weight excluding hydrogens is 326 g/mol. The first-order valence-electron chi connectivity index (χ1n) is 7.94. The van der Waals surface area contributed by atoms with Gasteiger partial charge in [0.15, 0.2) is 11.5 Å². The molecule has 24 heavy (non-hydrogen) atoms. The topological polar surface area (TPSA) is 64.6 Å². The number of para-hydroxylation sites is 2. The summed E-state index contributed by atoms with van der Waals surface area (Å²) in [6.45, 7) is 4.61. The first-order valence-corrected chi connectivity index (χ1v) is 9.42. The Hall–Kier alpha value is -2.05. The molecule has 2 aromatic carbocycles. The van der Waals surface area contributed by atoms with Crippen LogP contribution in [-0.2, 0) is 10.0 Å². The van der Waals surface area contributed by atoms with Gasteiger partial charge in [0.05, 0.1) is 11.4 Å². The number of ether oxygens (including phenoxy) is 2. The molecule has 0 amide bonds. The molecule has 6 heteroatoms. The lowest BCUT2D eigenvalue weighted by Gasteiger charge is -2.26. The minimum Gasteiger partial charge on any atom is -0.486 e. The van der Waals surface area contributed by atoms with Crippen molar-refractivity contribution >= 4 is 10.0 Å². The van der Waals surface area contributed by atoms with E-state index in [9.17, 15) is 8.42 Å². The summed E-state index contributed by atoms with van der Waals surface area (Å²) >= 11 is 0. The Bertz CT molecular complexity index is 800. The summed E-state index contributed by atoms with van der Waals surface area (Å²) in [5.41, 5.74) is 1.11. The lowest BCUT2D eigenvalue weighted by molar-refractivity contribution is 0.0943. The van der Waals surface area contributed by atoms with Crippen molar-refractivity contribution in [1.29, 1.82) is 0 Å². The maximum atomic E-state index is 12.4. The van der Waals surface area contributed by atoms with Crippen molar-refractivity contribution in [3.63, 3.8) is 0 Å². The van der Waals surface area contributed by atoms with Gasteiger partial charge in [0.2, 0.25) is 10.0 Å². The van der Waals surface area contributed by atoms with E-state index in [1.165, 1.54) is 0 Å². The smallest absolute Gasteiger partial charge is 0.240 e. The lowest BCUT2D eigenvalue weighted by atomic mass is 10.0. The normalized spacial score (nSPS) is 17.0. The summed E-state index contributed by atoms with van der Waals surface area (Å²) in [6.07, 6.45) is -0.357. The average molecular weight is 347 g/mol. The Morgan fingerprint density at radius 2 is 1.75 bits per heavy atom. The van der Waals surface area contributed by atoms with E-state index in [1.54, 1.807) is 18.2 Å². The second-order valence-corrected chi connectivity index (χ2v) is 7.84. The number of hydrogen-bond acceptors (Lipinski definition) is 4. The fourth-order valence-corrected chi connectivity index (χ4v) is 3.55. The standard InChI is InChI=1S/C18H21NO4S/c1-13(2)14-7-9-16(10-8-14)24(20,21)19-11-15-12-22-17-5-3-4-6-18(17)23-15/h3-10,13,15,19H,11-12H2,1-2H3. The molecular formula is C18H21NO4S. The van der Waals surface area contributed by atoms with Crippen LogP contribution in [0.2, 0.25) is 0 Å². The molecule has 5 nitrogen and oxygen atoms in total. The van der Waals surface area contributed by atoms with Crippen LogP contribution in [0.4, 0.5) is 0 Å². The second kappa shape index (κ2) is 6.83. The van der Waals surface area contributed by atoms with Gasteiger partial charge < -0.3 is 9.47 Å². The maximum absolute atomic E-state index is 12.4. The van der Waals surface area contributed by atoms with E-state index < -0.39 is 10.0 Å². The van der Waals surface area contributed by atoms with Crippen LogP contribution in [0.25, 0.3) is 0 Å². The highest BCUT2D eigenvalue weighted by Gasteiger charge is 2.23. The molecule has 1 N–H and O–H groups in total. The van der Waals surface area contributed by atoms with Gasteiger partial charge in [-0.2, -0.15) is 0 Å². The molecule has 1 unspecified atom stereocenters. The van der Waals surface area contributed by atoms with Gasteiger partial charge in [-0.1, -0.05) is 38.1 Å². The van der Waals surface area contributed by atoms with Gasteiger partial charge in [0.25, 0.3) is 0 Å². The van der Waals surface area contributed by atoms with E-state index in [2.05, 4.69) is 18.6 Å². The first-order chi connectivity index (χ1) is 11.5. The number of nitrogens with one attached hydrogen (secondary N) is 1. The molecule has 1 aliphatic heterocycles. The highest BCUT2D eigenvalue weighted by molar-refractivity contribution is 7.89.